The van der Waals surface area contributed by atoms with Crippen molar-refractivity contribution in [1.29, 1.82) is 0 Å². The predicted molar refractivity (Wildman–Crippen MR) is 105 cm³/mol. The highest BCUT2D eigenvalue weighted by molar-refractivity contribution is 7.92. The third kappa shape index (κ3) is 4.02. The van der Waals surface area contributed by atoms with Gasteiger partial charge in [0.2, 0.25) is 10.0 Å². The highest BCUT2D eigenvalue weighted by Gasteiger charge is 2.35. The Hall–Kier alpha value is -2.85. The summed E-state index contributed by atoms with van der Waals surface area (Å²) in [5.41, 5.74) is 0.923. The summed E-state index contributed by atoms with van der Waals surface area (Å²) in [4.78, 5) is 23.1. The number of benzene rings is 2. The van der Waals surface area contributed by atoms with Crippen molar-refractivity contribution in [3.05, 3.63) is 57.1 Å². The summed E-state index contributed by atoms with van der Waals surface area (Å²) in [5, 5.41) is 13.9. The molecule has 1 aliphatic heterocycles. The number of carbonyl (C=O) groups excluding carboxylic acids is 1. The summed E-state index contributed by atoms with van der Waals surface area (Å²) in [5.74, 6) is -0.435. The molecule has 2 aromatic rings. The lowest BCUT2D eigenvalue weighted by molar-refractivity contribution is -0.384. The van der Waals surface area contributed by atoms with E-state index in [1.165, 1.54) is 36.4 Å². The molecule has 2 aromatic carbocycles. The third-order valence-corrected chi connectivity index (χ3v) is 5.55. The van der Waals surface area contributed by atoms with Gasteiger partial charge in [0.05, 0.1) is 29.1 Å². The number of ether oxygens (including phenoxy) is 1. The molecule has 9 nitrogen and oxygen atoms in total. The van der Waals surface area contributed by atoms with E-state index in [9.17, 15) is 23.3 Å². The maximum Gasteiger partial charge on any atom is 0.271 e. The number of carbonyl (C=O) groups is 1. The third-order valence-electron chi connectivity index (χ3n) is 4.17. The molecule has 0 radical (unpaired) electrons. The fourth-order valence-corrected chi connectivity index (χ4v) is 3.82. The van der Waals surface area contributed by atoms with Gasteiger partial charge >= 0.3 is 0 Å². The molecule has 148 valence electrons. The molecule has 1 aliphatic rings. The van der Waals surface area contributed by atoms with Crippen LogP contribution in [0, 0.1) is 17.0 Å². The lowest BCUT2D eigenvalue weighted by Gasteiger charge is -2.34. The minimum atomic E-state index is -3.70. The van der Waals surface area contributed by atoms with Crippen molar-refractivity contribution in [2.45, 2.75) is 13.0 Å². The van der Waals surface area contributed by atoms with Gasteiger partial charge < -0.3 is 10.1 Å². The number of nitrogens with one attached hydrogen (secondary N) is 1. The van der Waals surface area contributed by atoms with Crippen molar-refractivity contribution in [3.8, 4) is 5.75 Å². The standard InChI is InChI=1S/C17H16ClN3O6S/c1-10-3-5-12(21(23)24)8-13(10)19-17(22)16-9-20(28(2,25)26)14-7-11(18)4-6-15(14)27-16/h3-8,16H,9H2,1-2H3,(H,19,22). The number of hydrogen-bond donors (Lipinski definition) is 1. The first-order valence-electron chi connectivity index (χ1n) is 8.06. The minimum absolute atomic E-state index is 0.178. The Morgan fingerprint density at radius 2 is 2.04 bits per heavy atom. The average molecular weight is 426 g/mol. The molecule has 1 atom stereocenters. The molecule has 0 bridgehead atoms. The van der Waals surface area contributed by atoms with Gasteiger partial charge in [-0.15, -0.1) is 0 Å². The average Bonchev–Trinajstić information content (AvgIpc) is 2.61. The second-order valence-corrected chi connectivity index (χ2v) is 8.60. The van der Waals surface area contributed by atoms with Crippen LogP contribution in [-0.2, 0) is 14.8 Å². The summed E-state index contributed by atoms with van der Waals surface area (Å²) in [6.45, 7) is 1.42. The lowest BCUT2D eigenvalue weighted by atomic mass is 10.1. The van der Waals surface area contributed by atoms with Crippen molar-refractivity contribution in [1.82, 2.24) is 0 Å². The topological polar surface area (TPSA) is 119 Å². The zero-order valence-corrected chi connectivity index (χ0v) is 16.5. The van der Waals surface area contributed by atoms with Crippen molar-refractivity contribution < 1.29 is 22.9 Å². The monoisotopic (exact) mass is 425 g/mol. The number of nitro benzene ring substituents is 1. The Kier molecular flexibility index (Phi) is 5.18. The van der Waals surface area contributed by atoms with Crippen molar-refractivity contribution >= 4 is 44.6 Å². The van der Waals surface area contributed by atoms with Crippen LogP contribution in [0.2, 0.25) is 5.02 Å². The summed E-state index contributed by atoms with van der Waals surface area (Å²) < 4.78 is 31.1. The SMILES string of the molecule is Cc1ccc([N+](=O)[O-])cc1NC(=O)C1CN(S(C)(=O)=O)c2cc(Cl)ccc2O1. The zero-order chi connectivity index (χ0) is 20.6. The fraction of sp³-hybridized carbons (Fsp3) is 0.235. The number of nitrogens with zero attached hydrogens (tertiary/aromatic N) is 2. The second-order valence-electron chi connectivity index (χ2n) is 6.26. The molecular formula is C17H16ClN3O6S. The second kappa shape index (κ2) is 7.28. The molecule has 0 fully saturated rings. The quantitative estimate of drug-likeness (QED) is 0.594. The zero-order valence-electron chi connectivity index (χ0n) is 14.9. The summed E-state index contributed by atoms with van der Waals surface area (Å²) in [6.07, 6.45) is -0.134. The maximum atomic E-state index is 12.7. The van der Waals surface area contributed by atoms with Gasteiger partial charge in [-0.2, -0.15) is 0 Å². The van der Waals surface area contributed by atoms with Gasteiger partial charge in [-0.25, -0.2) is 8.42 Å². The van der Waals surface area contributed by atoms with Crippen molar-refractivity contribution in [2.75, 3.05) is 22.4 Å². The number of amides is 1. The summed E-state index contributed by atoms with van der Waals surface area (Å²) in [7, 11) is -3.70. The van der Waals surface area contributed by atoms with Crippen LogP contribution in [-0.4, -0.2) is 38.2 Å². The number of fused-ring (bicyclic) bond motifs is 1. The Morgan fingerprint density at radius 3 is 2.68 bits per heavy atom. The van der Waals surface area contributed by atoms with Crippen LogP contribution in [0.5, 0.6) is 5.75 Å². The predicted octanol–water partition coefficient (Wildman–Crippen LogP) is 2.72. The van der Waals surface area contributed by atoms with Gasteiger partial charge in [0, 0.05) is 17.2 Å². The number of aryl methyl sites for hydroxylation is 1. The van der Waals surface area contributed by atoms with E-state index in [1.54, 1.807) is 6.92 Å². The van der Waals surface area contributed by atoms with Gasteiger partial charge in [0.1, 0.15) is 5.75 Å². The van der Waals surface area contributed by atoms with E-state index in [0.717, 1.165) is 10.6 Å². The van der Waals surface area contributed by atoms with Gasteiger partial charge in [0.25, 0.3) is 11.6 Å². The molecule has 1 N–H and O–H groups in total. The van der Waals surface area contributed by atoms with Crippen molar-refractivity contribution in [3.63, 3.8) is 0 Å². The first-order valence-corrected chi connectivity index (χ1v) is 10.3. The van der Waals surface area contributed by atoms with E-state index < -0.39 is 27.0 Å². The fourth-order valence-electron chi connectivity index (χ4n) is 2.75. The normalized spacial score (nSPS) is 16.1. The molecule has 28 heavy (non-hydrogen) atoms. The molecule has 1 amide bonds. The molecule has 1 heterocycles. The Bertz CT molecular complexity index is 1070. The molecule has 0 saturated heterocycles. The van der Waals surface area contributed by atoms with E-state index in [1.807, 2.05) is 0 Å². The molecule has 0 saturated carbocycles. The summed E-state index contributed by atoms with van der Waals surface area (Å²) >= 11 is 5.94. The van der Waals surface area contributed by atoms with Crippen LogP contribution < -0.4 is 14.4 Å². The maximum absolute atomic E-state index is 12.7. The Balaban J connectivity index is 1.90. The number of nitro groups is 1. The Morgan fingerprint density at radius 1 is 1.32 bits per heavy atom. The largest absolute Gasteiger partial charge is 0.476 e. The van der Waals surface area contributed by atoms with E-state index in [0.29, 0.717) is 10.6 Å². The molecule has 3 rings (SSSR count). The Labute approximate surface area is 166 Å². The minimum Gasteiger partial charge on any atom is -0.476 e. The number of anilines is 2. The van der Waals surface area contributed by atoms with E-state index in [4.69, 9.17) is 16.3 Å². The van der Waals surface area contributed by atoms with Gasteiger partial charge in [-0.3, -0.25) is 19.2 Å². The van der Waals surface area contributed by atoms with Gasteiger partial charge in [-0.1, -0.05) is 17.7 Å². The molecular weight excluding hydrogens is 410 g/mol. The number of sulfonamides is 1. The molecule has 11 heteroatoms. The molecule has 0 aromatic heterocycles. The van der Waals surface area contributed by atoms with Crippen molar-refractivity contribution in [2.24, 2.45) is 0 Å². The van der Waals surface area contributed by atoms with E-state index in [-0.39, 0.29) is 29.4 Å². The van der Waals surface area contributed by atoms with Crippen LogP contribution >= 0.6 is 11.6 Å². The van der Waals surface area contributed by atoms with Gasteiger partial charge in [0.15, 0.2) is 6.10 Å². The van der Waals surface area contributed by atoms with Crippen LogP contribution in [0.15, 0.2) is 36.4 Å². The first kappa shape index (κ1) is 19.9. The van der Waals surface area contributed by atoms with Crippen LogP contribution in [0.4, 0.5) is 17.1 Å². The molecule has 0 spiro atoms. The highest BCUT2D eigenvalue weighted by atomic mass is 35.5. The van der Waals surface area contributed by atoms with E-state index in [2.05, 4.69) is 5.32 Å². The number of hydrogen-bond acceptors (Lipinski definition) is 6. The van der Waals surface area contributed by atoms with Gasteiger partial charge in [-0.05, 0) is 30.7 Å². The van der Waals surface area contributed by atoms with E-state index >= 15 is 0 Å². The molecule has 1 unspecified atom stereocenters. The highest BCUT2D eigenvalue weighted by Crippen LogP contribution is 2.37. The lowest BCUT2D eigenvalue weighted by Crippen LogP contribution is -2.48. The first-order chi connectivity index (χ1) is 13.1. The smallest absolute Gasteiger partial charge is 0.271 e. The van der Waals surface area contributed by atoms with Crippen LogP contribution in [0.25, 0.3) is 0 Å². The number of halogens is 1. The van der Waals surface area contributed by atoms with Crippen LogP contribution in [0.3, 0.4) is 0 Å². The summed E-state index contributed by atoms with van der Waals surface area (Å²) in [6, 6.07) is 8.51. The number of rotatable bonds is 4. The molecule has 0 aliphatic carbocycles. The number of non-ortho nitro benzene ring substituents is 1. The van der Waals surface area contributed by atoms with Crippen LogP contribution in [0.1, 0.15) is 5.56 Å².